The molecule has 0 unspecified atom stereocenters. The first-order chi connectivity index (χ1) is 15.2. The molecule has 3 aromatic rings. The van der Waals surface area contributed by atoms with E-state index in [2.05, 4.69) is 45.5 Å². The van der Waals surface area contributed by atoms with Crippen molar-refractivity contribution in [1.29, 1.82) is 0 Å². The minimum Gasteiger partial charge on any atom is -0.497 e. The van der Waals surface area contributed by atoms with Crippen LogP contribution in [0.15, 0.2) is 47.8 Å². The monoisotopic (exact) mass is 440 g/mol. The molecule has 0 bridgehead atoms. The van der Waals surface area contributed by atoms with Gasteiger partial charge in [-0.25, -0.2) is 0 Å². The van der Waals surface area contributed by atoms with Gasteiger partial charge in [0.1, 0.15) is 11.5 Å². The summed E-state index contributed by atoms with van der Waals surface area (Å²) in [4.78, 5) is 4.99. The molecule has 1 fully saturated rings. The number of benzene rings is 2. The number of piperazine rings is 1. The summed E-state index contributed by atoms with van der Waals surface area (Å²) in [6.45, 7) is 7.79. The van der Waals surface area contributed by atoms with E-state index < -0.39 is 0 Å². The van der Waals surface area contributed by atoms with Gasteiger partial charge >= 0.3 is 0 Å². The number of rotatable bonds is 10. The lowest BCUT2D eigenvalue weighted by Crippen LogP contribution is -2.46. The first-order valence-electron chi connectivity index (χ1n) is 10.9. The molecule has 31 heavy (non-hydrogen) atoms. The fourth-order valence-electron chi connectivity index (χ4n) is 4.05. The van der Waals surface area contributed by atoms with Gasteiger partial charge in [0.05, 0.1) is 27.4 Å². The van der Waals surface area contributed by atoms with Crippen LogP contribution in [0.25, 0.3) is 10.1 Å². The number of fused-ring (bicyclic) bond motifs is 1. The molecule has 0 atom stereocenters. The highest BCUT2D eigenvalue weighted by Crippen LogP contribution is 2.26. The van der Waals surface area contributed by atoms with E-state index in [1.54, 1.807) is 25.6 Å². The molecule has 0 saturated carbocycles. The molecule has 0 N–H and O–H groups in total. The summed E-state index contributed by atoms with van der Waals surface area (Å²) < 4.78 is 18.1. The Morgan fingerprint density at radius 3 is 2.52 bits per heavy atom. The highest BCUT2D eigenvalue weighted by molar-refractivity contribution is 7.17. The van der Waals surface area contributed by atoms with Crippen LogP contribution in [0.2, 0.25) is 0 Å². The summed E-state index contributed by atoms with van der Waals surface area (Å²) in [6, 6.07) is 15.0. The van der Waals surface area contributed by atoms with Crippen LogP contribution in [0.3, 0.4) is 0 Å². The van der Waals surface area contributed by atoms with Crippen molar-refractivity contribution in [2.75, 3.05) is 60.2 Å². The number of methoxy groups -OCH3 is 2. The van der Waals surface area contributed by atoms with Crippen LogP contribution in [-0.4, -0.2) is 70.0 Å². The van der Waals surface area contributed by atoms with Crippen molar-refractivity contribution in [3.63, 3.8) is 0 Å². The molecule has 1 aromatic heterocycles. The highest BCUT2D eigenvalue weighted by Gasteiger charge is 2.18. The average molecular weight is 441 g/mol. The van der Waals surface area contributed by atoms with Crippen LogP contribution in [0.4, 0.5) is 0 Å². The Hall–Kier alpha value is -2.12. The van der Waals surface area contributed by atoms with E-state index in [0.717, 1.165) is 70.4 Å². The predicted molar refractivity (Wildman–Crippen MR) is 128 cm³/mol. The standard InChI is InChI=1S/C25H32N2O3S/c1-28-23-5-4-22(24(18-23)29-2)19-27-11-9-26(10-12-27)13-15-30-14-7-20-3-6-25-21(17-20)8-16-31-25/h3-6,8,16-18H,7,9-15,19H2,1-2H3. The van der Waals surface area contributed by atoms with E-state index in [-0.39, 0.29) is 0 Å². The summed E-state index contributed by atoms with van der Waals surface area (Å²) in [5, 5.41) is 3.49. The third-order valence-corrected chi connectivity index (χ3v) is 6.85. The van der Waals surface area contributed by atoms with Crippen LogP contribution in [-0.2, 0) is 17.7 Å². The Morgan fingerprint density at radius 2 is 1.71 bits per heavy atom. The lowest BCUT2D eigenvalue weighted by molar-refractivity contribution is 0.0745. The van der Waals surface area contributed by atoms with Crippen molar-refractivity contribution in [2.24, 2.45) is 0 Å². The highest BCUT2D eigenvalue weighted by atomic mass is 32.1. The van der Waals surface area contributed by atoms with Crippen LogP contribution < -0.4 is 9.47 Å². The maximum absolute atomic E-state index is 5.93. The second kappa shape index (κ2) is 11.0. The van der Waals surface area contributed by atoms with Gasteiger partial charge in [0.2, 0.25) is 0 Å². The Labute approximate surface area is 189 Å². The van der Waals surface area contributed by atoms with Crippen LogP contribution in [0, 0.1) is 0 Å². The molecular formula is C25H32N2O3S. The first kappa shape index (κ1) is 22.1. The van der Waals surface area contributed by atoms with Gasteiger partial charge in [-0.1, -0.05) is 18.2 Å². The minimum atomic E-state index is 0.785. The molecule has 1 saturated heterocycles. The number of ether oxygens (including phenoxy) is 3. The fourth-order valence-corrected chi connectivity index (χ4v) is 4.82. The van der Waals surface area contributed by atoms with Gasteiger partial charge in [-0.3, -0.25) is 9.80 Å². The van der Waals surface area contributed by atoms with Crippen molar-refractivity contribution in [3.8, 4) is 11.5 Å². The molecule has 5 nitrogen and oxygen atoms in total. The van der Waals surface area contributed by atoms with Crippen molar-refractivity contribution < 1.29 is 14.2 Å². The van der Waals surface area contributed by atoms with Crippen molar-refractivity contribution in [3.05, 3.63) is 59.0 Å². The van der Waals surface area contributed by atoms with E-state index in [9.17, 15) is 0 Å². The third-order valence-electron chi connectivity index (χ3n) is 5.96. The van der Waals surface area contributed by atoms with Crippen molar-refractivity contribution in [2.45, 2.75) is 13.0 Å². The number of hydrogen-bond acceptors (Lipinski definition) is 6. The number of nitrogens with zero attached hydrogens (tertiary/aromatic N) is 2. The maximum atomic E-state index is 5.93. The van der Waals surface area contributed by atoms with E-state index in [1.807, 2.05) is 12.1 Å². The number of hydrogen-bond donors (Lipinski definition) is 0. The lowest BCUT2D eigenvalue weighted by Gasteiger charge is -2.34. The van der Waals surface area contributed by atoms with Gasteiger partial charge < -0.3 is 14.2 Å². The summed E-state index contributed by atoms with van der Waals surface area (Å²) in [5.41, 5.74) is 2.56. The van der Waals surface area contributed by atoms with Gasteiger partial charge in [0.15, 0.2) is 0 Å². The molecule has 1 aliphatic heterocycles. The van der Waals surface area contributed by atoms with E-state index in [4.69, 9.17) is 14.2 Å². The Balaban J connectivity index is 1.13. The normalized spacial score (nSPS) is 15.4. The second-order valence-electron chi connectivity index (χ2n) is 7.95. The summed E-state index contributed by atoms with van der Waals surface area (Å²) in [5.74, 6) is 1.73. The SMILES string of the molecule is COc1ccc(CN2CCN(CCOCCc3ccc4sccc4c3)CC2)c(OC)c1. The Bertz CT molecular complexity index is 966. The van der Waals surface area contributed by atoms with Crippen molar-refractivity contribution >= 4 is 21.4 Å². The lowest BCUT2D eigenvalue weighted by atomic mass is 10.1. The summed E-state index contributed by atoms with van der Waals surface area (Å²) in [7, 11) is 3.40. The average Bonchev–Trinajstić information content (AvgIpc) is 3.28. The molecule has 0 amide bonds. The zero-order valence-electron chi connectivity index (χ0n) is 18.5. The zero-order valence-corrected chi connectivity index (χ0v) is 19.3. The quantitative estimate of drug-likeness (QED) is 0.439. The molecule has 2 aromatic carbocycles. The van der Waals surface area contributed by atoms with Crippen LogP contribution >= 0.6 is 11.3 Å². The van der Waals surface area contributed by atoms with Gasteiger partial charge in [-0.2, -0.15) is 0 Å². The number of thiophene rings is 1. The molecule has 4 rings (SSSR count). The van der Waals surface area contributed by atoms with Crippen molar-refractivity contribution in [1.82, 2.24) is 9.80 Å². The van der Waals surface area contributed by atoms with E-state index in [1.165, 1.54) is 21.2 Å². The largest absolute Gasteiger partial charge is 0.497 e. The third kappa shape index (κ3) is 5.98. The molecule has 2 heterocycles. The van der Waals surface area contributed by atoms with E-state index in [0.29, 0.717) is 0 Å². The zero-order chi connectivity index (χ0) is 21.5. The topological polar surface area (TPSA) is 34.2 Å². The molecule has 1 aliphatic rings. The molecule has 6 heteroatoms. The van der Waals surface area contributed by atoms with Gasteiger partial charge in [-0.05, 0) is 40.9 Å². The Morgan fingerprint density at radius 1 is 0.871 bits per heavy atom. The van der Waals surface area contributed by atoms with Gasteiger partial charge in [0.25, 0.3) is 0 Å². The first-order valence-corrected chi connectivity index (χ1v) is 11.8. The predicted octanol–water partition coefficient (Wildman–Crippen LogP) is 4.30. The van der Waals surface area contributed by atoms with E-state index >= 15 is 0 Å². The molecule has 0 spiro atoms. The maximum Gasteiger partial charge on any atom is 0.127 e. The minimum absolute atomic E-state index is 0.785. The van der Waals surface area contributed by atoms with Gasteiger partial charge in [0, 0.05) is 55.6 Å². The molecular weight excluding hydrogens is 408 g/mol. The molecule has 0 radical (unpaired) electrons. The van der Waals surface area contributed by atoms with Gasteiger partial charge in [-0.15, -0.1) is 11.3 Å². The second-order valence-corrected chi connectivity index (χ2v) is 8.90. The molecule has 166 valence electrons. The van der Waals surface area contributed by atoms with Crippen LogP contribution in [0.5, 0.6) is 11.5 Å². The Kier molecular flexibility index (Phi) is 7.81. The molecule has 0 aliphatic carbocycles. The summed E-state index contributed by atoms with van der Waals surface area (Å²) >= 11 is 1.80. The smallest absolute Gasteiger partial charge is 0.127 e. The fraction of sp³-hybridized carbons (Fsp3) is 0.440. The van der Waals surface area contributed by atoms with Crippen LogP contribution in [0.1, 0.15) is 11.1 Å². The summed E-state index contributed by atoms with van der Waals surface area (Å²) in [6.07, 6.45) is 0.975.